The van der Waals surface area contributed by atoms with E-state index in [9.17, 15) is 22.8 Å². The van der Waals surface area contributed by atoms with Crippen LogP contribution >= 0.6 is 0 Å². The van der Waals surface area contributed by atoms with Crippen LogP contribution in [0.3, 0.4) is 0 Å². The van der Waals surface area contributed by atoms with Gasteiger partial charge in [0, 0.05) is 19.2 Å². The van der Waals surface area contributed by atoms with Crippen LogP contribution in [0.4, 0.5) is 13.2 Å². The lowest BCUT2D eigenvalue weighted by Crippen LogP contribution is -2.43. The normalized spacial score (nSPS) is 19.7. The van der Waals surface area contributed by atoms with E-state index in [0.29, 0.717) is 32.5 Å². The van der Waals surface area contributed by atoms with E-state index in [1.165, 1.54) is 11.1 Å². The molecule has 3 N–H and O–H groups in total. The Morgan fingerprint density at radius 1 is 1.24 bits per heavy atom. The predicted molar refractivity (Wildman–Crippen MR) is 108 cm³/mol. The number of carbonyl (C=O) groups is 3. The SMILES string of the molecule is O=C(O)C(F)(F)F.O=C1CC[C@H](C(=O)NCC2OCCc3cn(Cc4ccccc4)nc32)N1. The van der Waals surface area contributed by atoms with Crippen LogP contribution in [0, 0.1) is 0 Å². The number of rotatable bonds is 5. The first kappa shape index (κ1) is 24.2. The number of aliphatic carboxylic acids is 1. The zero-order chi connectivity index (χ0) is 24.0. The van der Waals surface area contributed by atoms with Gasteiger partial charge in [0.2, 0.25) is 11.8 Å². The molecule has 1 saturated heterocycles. The number of alkyl halides is 3. The number of carboxylic acid groups (broad SMARTS) is 1. The zero-order valence-electron chi connectivity index (χ0n) is 17.5. The molecule has 1 aromatic heterocycles. The molecule has 2 aliphatic rings. The minimum Gasteiger partial charge on any atom is -0.475 e. The van der Waals surface area contributed by atoms with Gasteiger partial charge >= 0.3 is 12.1 Å². The Balaban J connectivity index is 0.000000383. The molecule has 3 heterocycles. The number of ether oxygens (including phenoxy) is 1. The molecule has 4 rings (SSSR count). The van der Waals surface area contributed by atoms with E-state index < -0.39 is 18.2 Å². The number of hydrogen-bond donors (Lipinski definition) is 3. The summed E-state index contributed by atoms with van der Waals surface area (Å²) in [6.07, 6.45) is -1.49. The van der Waals surface area contributed by atoms with Gasteiger partial charge in [0.15, 0.2) is 0 Å². The molecule has 2 aromatic rings. The van der Waals surface area contributed by atoms with Crippen molar-refractivity contribution in [1.82, 2.24) is 20.4 Å². The Hall–Kier alpha value is -3.41. The molecule has 178 valence electrons. The molecule has 2 aliphatic heterocycles. The number of amides is 2. The molecule has 9 nitrogen and oxygen atoms in total. The third-order valence-electron chi connectivity index (χ3n) is 5.07. The maximum Gasteiger partial charge on any atom is 0.490 e. The van der Waals surface area contributed by atoms with Gasteiger partial charge in [0.1, 0.15) is 12.1 Å². The fourth-order valence-electron chi connectivity index (χ4n) is 3.47. The van der Waals surface area contributed by atoms with E-state index >= 15 is 0 Å². The van der Waals surface area contributed by atoms with Crippen LogP contribution in [0.5, 0.6) is 0 Å². The Morgan fingerprint density at radius 2 is 1.94 bits per heavy atom. The number of fused-ring (bicyclic) bond motifs is 1. The highest BCUT2D eigenvalue weighted by atomic mass is 19.4. The molecular weight excluding hydrogens is 445 g/mol. The standard InChI is InChI=1S/C19H22N4O3.C2HF3O2/c24-17-7-6-15(21-17)19(25)20-10-16-18-14(8-9-26-16)12-23(22-18)11-13-4-2-1-3-5-13;3-2(4,5)1(6)7/h1-5,12,15-16H,6-11H2,(H,20,25)(H,21,24);(H,6,7)/t15-,16?;/m1./s1. The molecule has 0 aliphatic carbocycles. The monoisotopic (exact) mass is 468 g/mol. The van der Waals surface area contributed by atoms with Gasteiger partial charge in [-0.3, -0.25) is 14.3 Å². The molecule has 12 heteroatoms. The van der Waals surface area contributed by atoms with E-state index in [0.717, 1.165) is 12.1 Å². The first-order chi connectivity index (χ1) is 15.6. The lowest BCUT2D eigenvalue weighted by atomic mass is 10.1. The minimum absolute atomic E-state index is 0.0685. The highest BCUT2D eigenvalue weighted by Gasteiger charge is 2.38. The second-order valence-corrected chi connectivity index (χ2v) is 7.54. The molecular formula is C21H23F3N4O5. The first-order valence-corrected chi connectivity index (χ1v) is 10.2. The summed E-state index contributed by atoms with van der Waals surface area (Å²) < 4.78 is 39.5. The lowest BCUT2D eigenvalue weighted by Gasteiger charge is -2.23. The Kier molecular flexibility index (Phi) is 7.69. The predicted octanol–water partition coefficient (Wildman–Crippen LogP) is 1.57. The third kappa shape index (κ3) is 6.78. The van der Waals surface area contributed by atoms with Crippen molar-refractivity contribution in [2.24, 2.45) is 0 Å². The molecule has 1 aromatic carbocycles. The van der Waals surface area contributed by atoms with Gasteiger partial charge in [0.25, 0.3) is 0 Å². The maximum absolute atomic E-state index is 12.2. The van der Waals surface area contributed by atoms with Crippen molar-refractivity contribution >= 4 is 17.8 Å². The van der Waals surface area contributed by atoms with Gasteiger partial charge < -0.3 is 20.5 Å². The number of carboxylic acids is 1. The number of nitrogens with one attached hydrogen (secondary N) is 2. The van der Waals surface area contributed by atoms with Crippen LogP contribution in [-0.2, 0) is 32.1 Å². The quantitative estimate of drug-likeness (QED) is 0.613. The van der Waals surface area contributed by atoms with Crippen molar-refractivity contribution in [2.75, 3.05) is 13.2 Å². The fraction of sp³-hybridized carbons (Fsp3) is 0.429. The maximum atomic E-state index is 12.2. The molecule has 33 heavy (non-hydrogen) atoms. The summed E-state index contributed by atoms with van der Waals surface area (Å²) in [5.74, 6) is -2.98. The van der Waals surface area contributed by atoms with Crippen LogP contribution in [0.1, 0.15) is 35.8 Å². The number of halogens is 3. The molecule has 0 saturated carbocycles. The molecule has 1 fully saturated rings. The molecule has 1 unspecified atom stereocenters. The second kappa shape index (κ2) is 10.5. The van der Waals surface area contributed by atoms with Crippen molar-refractivity contribution in [2.45, 2.75) is 44.1 Å². The summed E-state index contributed by atoms with van der Waals surface area (Å²) in [6.45, 7) is 1.69. The van der Waals surface area contributed by atoms with Crippen molar-refractivity contribution in [3.05, 3.63) is 53.3 Å². The number of nitrogens with zero attached hydrogens (tertiary/aromatic N) is 2. The van der Waals surface area contributed by atoms with Crippen molar-refractivity contribution in [1.29, 1.82) is 0 Å². The highest BCUT2D eigenvalue weighted by Crippen LogP contribution is 2.25. The molecule has 0 bridgehead atoms. The first-order valence-electron chi connectivity index (χ1n) is 10.2. The van der Waals surface area contributed by atoms with Crippen LogP contribution < -0.4 is 10.6 Å². The van der Waals surface area contributed by atoms with E-state index in [1.54, 1.807) is 0 Å². The average molecular weight is 468 g/mol. The van der Waals surface area contributed by atoms with Crippen molar-refractivity contribution in [3.63, 3.8) is 0 Å². The fourth-order valence-corrected chi connectivity index (χ4v) is 3.47. The molecule has 2 amide bonds. The Labute approximate surface area is 186 Å². The Bertz CT molecular complexity index is 994. The highest BCUT2D eigenvalue weighted by molar-refractivity contribution is 5.90. The van der Waals surface area contributed by atoms with E-state index in [1.807, 2.05) is 22.9 Å². The van der Waals surface area contributed by atoms with Gasteiger partial charge in [0.05, 0.1) is 18.8 Å². The van der Waals surface area contributed by atoms with Gasteiger partial charge in [-0.25, -0.2) is 4.79 Å². The van der Waals surface area contributed by atoms with Gasteiger partial charge in [-0.1, -0.05) is 30.3 Å². The molecule has 2 atom stereocenters. The minimum atomic E-state index is -5.08. The number of aromatic nitrogens is 2. The Morgan fingerprint density at radius 3 is 2.55 bits per heavy atom. The largest absolute Gasteiger partial charge is 0.490 e. The summed E-state index contributed by atoms with van der Waals surface area (Å²) in [5, 5.41) is 17.4. The molecule has 0 spiro atoms. The van der Waals surface area contributed by atoms with E-state index in [4.69, 9.17) is 14.6 Å². The topological polar surface area (TPSA) is 123 Å². The van der Waals surface area contributed by atoms with Crippen LogP contribution in [0.15, 0.2) is 36.5 Å². The van der Waals surface area contributed by atoms with Crippen LogP contribution in [0.25, 0.3) is 0 Å². The average Bonchev–Trinajstić information content (AvgIpc) is 3.38. The van der Waals surface area contributed by atoms with Gasteiger partial charge in [-0.2, -0.15) is 18.3 Å². The second-order valence-electron chi connectivity index (χ2n) is 7.54. The lowest BCUT2D eigenvalue weighted by molar-refractivity contribution is -0.192. The van der Waals surface area contributed by atoms with Crippen LogP contribution in [-0.4, -0.2) is 58.0 Å². The van der Waals surface area contributed by atoms with Gasteiger partial charge in [-0.15, -0.1) is 0 Å². The summed E-state index contributed by atoms with van der Waals surface area (Å²) in [6, 6.07) is 9.75. The summed E-state index contributed by atoms with van der Waals surface area (Å²) in [4.78, 5) is 32.3. The van der Waals surface area contributed by atoms with Gasteiger partial charge in [-0.05, 0) is 24.0 Å². The number of hydrogen-bond acceptors (Lipinski definition) is 5. The van der Waals surface area contributed by atoms with E-state index in [2.05, 4.69) is 34.1 Å². The summed E-state index contributed by atoms with van der Waals surface area (Å²) in [5.41, 5.74) is 3.25. The molecule has 0 radical (unpaired) electrons. The van der Waals surface area contributed by atoms with E-state index in [-0.39, 0.29) is 17.9 Å². The van der Waals surface area contributed by atoms with Crippen molar-refractivity contribution in [3.8, 4) is 0 Å². The summed E-state index contributed by atoms with van der Waals surface area (Å²) in [7, 11) is 0. The van der Waals surface area contributed by atoms with Crippen molar-refractivity contribution < 1.29 is 37.4 Å². The van der Waals surface area contributed by atoms with Crippen LogP contribution in [0.2, 0.25) is 0 Å². The summed E-state index contributed by atoms with van der Waals surface area (Å²) >= 11 is 0. The smallest absolute Gasteiger partial charge is 0.475 e. The zero-order valence-corrected chi connectivity index (χ0v) is 17.5. The number of benzene rings is 1. The third-order valence-corrected chi connectivity index (χ3v) is 5.07. The number of carbonyl (C=O) groups excluding carboxylic acids is 2.